The zero-order chi connectivity index (χ0) is 20.7. The maximum absolute atomic E-state index is 12.3. The lowest BCUT2D eigenvalue weighted by Crippen LogP contribution is -2.43. The molecule has 0 aromatic heterocycles. The summed E-state index contributed by atoms with van der Waals surface area (Å²) in [6.07, 6.45) is -0.718. The van der Waals surface area contributed by atoms with Crippen LogP contribution in [0.25, 0.3) is 0 Å². The molecule has 1 amide bonds. The SMILES string of the molecule is COC(=O)C(C)(C)C(NC(=O)OCc1ccccc1)c1ccc([N+](=O)[O-])cc1. The van der Waals surface area contributed by atoms with Crippen LogP contribution in [0, 0.1) is 15.5 Å². The molecule has 8 heteroatoms. The van der Waals surface area contributed by atoms with Gasteiger partial charge in [-0.1, -0.05) is 42.5 Å². The molecule has 8 nitrogen and oxygen atoms in total. The number of ether oxygens (including phenoxy) is 2. The number of hydrogen-bond acceptors (Lipinski definition) is 6. The van der Waals surface area contributed by atoms with E-state index in [-0.39, 0.29) is 12.3 Å². The van der Waals surface area contributed by atoms with Crippen LogP contribution in [-0.4, -0.2) is 24.1 Å². The molecule has 0 aliphatic carbocycles. The Kier molecular flexibility index (Phi) is 6.70. The Morgan fingerprint density at radius 1 is 1.11 bits per heavy atom. The van der Waals surface area contributed by atoms with Crippen molar-refractivity contribution >= 4 is 17.7 Å². The third-order valence-electron chi connectivity index (χ3n) is 4.35. The number of non-ortho nitro benzene ring substituents is 1. The van der Waals surface area contributed by atoms with Gasteiger partial charge < -0.3 is 14.8 Å². The van der Waals surface area contributed by atoms with Crippen molar-refractivity contribution in [2.75, 3.05) is 7.11 Å². The molecule has 0 radical (unpaired) electrons. The lowest BCUT2D eigenvalue weighted by Gasteiger charge is -2.32. The topological polar surface area (TPSA) is 108 Å². The summed E-state index contributed by atoms with van der Waals surface area (Å²) in [6, 6.07) is 13.9. The fourth-order valence-corrected chi connectivity index (χ4v) is 2.73. The highest BCUT2D eigenvalue weighted by molar-refractivity contribution is 5.78. The average molecular weight is 386 g/mol. The minimum absolute atomic E-state index is 0.0678. The lowest BCUT2D eigenvalue weighted by molar-refractivity contribution is -0.384. The first-order chi connectivity index (χ1) is 13.3. The van der Waals surface area contributed by atoms with E-state index < -0.39 is 28.4 Å². The molecule has 1 atom stereocenters. The van der Waals surface area contributed by atoms with Gasteiger partial charge in [-0.2, -0.15) is 0 Å². The van der Waals surface area contributed by atoms with Crippen LogP contribution in [-0.2, 0) is 20.9 Å². The number of benzene rings is 2. The second-order valence-corrected chi connectivity index (χ2v) is 6.70. The normalized spacial score (nSPS) is 12.0. The van der Waals surface area contributed by atoms with Crippen LogP contribution in [0.2, 0.25) is 0 Å². The number of amides is 1. The highest BCUT2D eigenvalue weighted by atomic mass is 16.6. The quantitative estimate of drug-likeness (QED) is 0.441. The van der Waals surface area contributed by atoms with Crippen LogP contribution < -0.4 is 5.32 Å². The summed E-state index contributed by atoms with van der Waals surface area (Å²) in [5, 5.41) is 13.5. The third-order valence-corrected chi connectivity index (χ3v) is 4.35. The monoisotopic (exact) mass is 386 g/mol. The molecular weight excluding hydrogens is 364 g/mol. The van der Waals surface area contributed by atoms with Crippen molar-refractivity contribution < 1.29 is 24.0 Å². The van der Waals surface area contributed by atoms with E-state index in [1.54, 1.807) is 13.8 Å². The fourth-order valence-electron chi connectivity index (χ4n) is 2.73. The number of alkyl carbamates (subject to hydrolysis) is 1. The fraction of sp³-hybridized carbons (Fsp3) is 0.300. The molecule has 1 N–H and O–H groups in total. The number of nitro benzene ring substituents is 1. The average Bonchev–Trinajstić information content (AvgIpc) is 2.70. The number of methoxy groups -OCH3 is 1. The first-order valence-corrected chi connectivity index (χ1v) is 8.55. The summed E-state index contributed by atoms with van der Waals surface area (Å²) in [5.41, 5.74) is 0.0934. The molecular formula is C20H22N2O6. The Bertz CT molecular complexity index is 834. The van der Waals surface area contributed by atoms with Crippen molar-refractivity contribution in [2.45, 2.75) is 26.5 Å². The molecule has 0 heterocycles. The first-order valence-electron chi connectivity index (χ1n) is 8.55. The Balaban J connectivity index is 2.21. The summed E-state index contributed by atoms with van der Waals surface area (Å²) in [6.45, 7) is 3.29. The van der Waals surface area contributed by atoms with Crippen LogP contribution in [0.5, 0.6) is 0 Å². The number of hydrogen-bond donors (Lipinski definition) is 1. The molecule has 0 fully saturated rings. The molecule has 1 unspecified atom stereocenters. The van der Waals surface area contributed by atoms with E-state index in [1.807, 2.05) is 30.3 Å². The largest absolute Gasteiger partial charge is 0.469 e. The van der Waals surface area contributed by atoms with Gasteiger partial charge in [-0.15, -0.1) is 0 Å². The van der Waals surface area contributed by atoms with E-state index in [0.29, 0.717) is 5.56 Å². The summed E-state index contributed by atoms with van der Waals surface area (Å²) >= 11 is 0. The van der Waals surface area contributed by atoms with Crippen LogP contribution in [0.15, 0.2) is 54.6 Å². The van der Waals surface area contributed by atoms with Crippen LogP contribution in [0.3, 0.4) is 0 Å². The van der Waals surface area contributed by atoms with Gasteiger partial charge in [-0.25, -0.2) is 4.79 Å². The van der Waals surface area contributed by atoms with E-state index in [9.17, 15) is 19.7 Å². The summed E-state index contributed by atoms with van der Waals surface area (Å²) in [4.78, 5) is 35.0. The molecule has 0 spiro atoms. The van der Waals surface area contributed by atoms with E-state index in [4.69, 9.17) is 9.47 Å². The molecule has 2 aromatic rings. The molecule has 0 aliphatic heterocycles. The Morgan fingerprint density at radius 3 is 2.25 bits per heavy atom. The van der Waals surface area contributed by atoms with Crippen molar-refractivity contribution in [3.8, 4) is 0 Å². The third kappa shape index (κ3) is 5.06. The highest BCUT2D eigenvalue weighted by Crippen LogP contribution is 2.35. The Morgan fingerprint density at radius 2 is 1.71 bits per heavy atom. The van der Waals surface area contributed by atoms with Gasteiger partial charge in [0.05, 0.1) is 23.5 Å². The number of nitrogens with one attached hydrogen (secondary N) is 1. The van der Waals surface area contributed by atoms with E-state index in [2.05, 4.69) is 5.32 Å². The predicted molar refractivity (Wildman–Crippen MR) is 101 cm³/mol. The van der Waals surface area contributed by atoms with Crippen molar-refractivity contribution in [1.29, 1.82) is 0 Å². The minimum Gasteiger partial charge on any atom is -0.469 e. The van der Waals surface area contributed by atoms with E-state index >= 15 is 0 Å². The molecule has 0 saturated heterocycles. The van der Waals surface area contributed by atoms with Gasteiger partial charge in [0, 0.05) is 12.1 Å². The van der Waals surface area contributed by atoms with Gasteiger partial charge >= 0.3 is 12.1 Å². The van der Waals surface area contributed by atoms with Crippen LogP contribution in [0.1, 0.15) is 31.0 Å². The van der Waals surface area contributed by atoms with Crippen LogP contribution >= 0.6 is 0 Å². The standard InChI is InChI=1S/C20H22N2O6/c1-20(2,18(23)27-3)17(15-9-11-16(12-10-15)22(25)26)21-19(24)28-13-14-7-5-4-6-8-14/h4-12,17H,13H2,1-3H3,(H,21,24). The Labute approximate surface area is 162 Å². The molecule has 0 bridgehead atoms. The lowest BCUT2D eigenvalue weighted by atomic mass is 9.80. The zero-order valence-electron chi connectivity index (χ0n) is 15.9. The molecule has 2 rings (SSSR count). The van der Waals surface area contributed by atoms with Gasteiger partial charge in [-0.3, -0.25) is 14.9 Å². The van der Waals surface area contributed by atoms with E-state index in [1.165, 1.54) is 31.4 Å². The van der Waals surface area contributed by atoms with Crippen molar-refractivity contribution in [2.24, 2.45) is 5.41 Å². The smallest absolute Gasteiger partial charge is 0.407 e. The van der Waals surface area contributed by atoms with Crippen molar-refractivity contribution in [3.05, 3.63) is 75.8 Å². The summed E-state index contributed by atoms with van der Waals surface area (Å²) < 4.78 is 10.1. The van der Waals surface area contributed by atoms with Gasteiger partial charge in [0.2, 0.25) is 0 Å². The van der Waals surface area contributed by atoms with Gasteiger partial charge in [0.1, 0.15) is 6.61 Å². The number of carbonyl (C=O) groups excluding carboxylic acids is 2. The van der Waals surface area contributed by atoms with E-state index in [0.717, 1.165) is 5.56 Å². The molecule has 28 heavy (non-hydrogen) atoms. The molecule has 0 aliphatic rings. The summed E-state index contributed by atoms with van der Waals surface area (Å²) in [7, 11) is 1.25. The first kappa shape index (κ1) is 20.9. The number of nitrogens with zero attached hydrogens (tertiary/aromatic N) is 1. The number of carbonyl (C=O) groups is 2. The summed E-state index contributed by atoms with van der Waals surface area (Å²) in [5.74, 6) is -0.542. The van der Waals surface area contributed by atoms with Gasteiger partial charge in [-0.05, 0) is 25.0 Å². The second-order valence-electron chi connectivity index (χ2n) is 6.70. The number of nitro groups is 1. The predicted octanol–water partition coefficient (Wildman–Crippen LogP) is 3.76. The maximum Gasteiger partial charge on any atom is 0.407 e. The zero-order valence-corrected chi connectivity index (χ0v) is 15.9. The second kappa shape index (κ2) is 8.98. The highest BCUT2D eigenvalue weighted by Gasteiger charge is 2.40. The molecule has 2 aromatic carbocycles. The number of rotatable bonds is 7. The van der Waals surface area contributed by atoms with Gasteiger partial charge in [0.25, 0.3) is 5.69 Å². The maximum atomic E-state index is 12.3. The minimum atomic E-state index is -1.14. The number of esters is 1. The Hall–Kier alpha value is -3.42. The molecule has 0 saturated carbocycles. The van der Waals surface area contributed by atoms with Crippen LogP contribution in [0.4, 0.5) is 10.5 Å². The molecule has 148 valence electrons. The van der Waals surface area contributed by atoms with Crippen molar-refractivity contribution in [1.82, 2.24) is 5.32 Å². The van der Waals surface area contributed by atoms with Crippen molar-refractivity contribution in [3.63, 3.8) is 0 Å². The van der Waals surface area contributed by atoms with Gasteiger partial charge in [0.15, 0.2) is 0 Å².